The number of carbonyl (C=O) groups is 2. The number of methoxy groups -OCH3 is 1. The van der Waals surface area contributed by atoms with Crippen molar-refractivity contribution < 1.29 is 14.3 Å². The highest BCUT2D eigenvalue weighted by molar-refractivity contribution is 5.97. The lowest BCUT2D eigenvalue weighted by Gasteiger charge is -2.28. The predicted molar refractivity (Wildman–Crippen MR) is 103 cm³/mol. The van der Waals surface area contributed by atoms with Crippen molar-refractivity contribution in [2.45, 2.75) is 38.5 Å². The van der Waals surface area contributed by atoms with Crippen molar-refractivity contribution in [3.05, 3.63) is 30.4 Å². The number of rotatable bonds is 5. The standard InChI is InChI=1S/C20H27N3O3/c1-26-18-11-10-16(13-17(18)23-12-6-5-9-19(23)24)22-20(25)21-14-15-7-3-2-4-8-15/h2-3,10-11,13,15H,4-9,12,14H2,1H3,(H2,21,22,25). The minimum Gasteiger partial charge on any atom is -0.495 e. The highest BCUT2D eigenvalue weighted by Crippen LogP contribution is 2.33. The van der Waals surface area contributed by atoms with Gasteiger partial charge in [-0.3, -0.25) is 4.79 Å². The fraction of sp³-hybridized carbons (Fsp3) is 0.500. The van der Waals surface area contributed by atoms with E-state index in [2.05, 4.69) is 22.8 Å². The number of allylic oxidation sites excluding steroid dienone is 2. The van der Waals surface area contributed by atoms with Crippen LogP contribution < -0.4 is 20.3 Å². The number of amides is 3. The molecule has 1 atom stereocenters. The molecule has 1 fully saturated rings. The summed E-state index contributed by atoms with van der Waals surface area (Å²) in [5.74, 6) is 1.24. The Kier molecular flexibility index (Phi) is 6.15. The monoisotopic (exact) mass is 357 g/mol. The van der Waals surface area contributed by atoms with Crippen LogP contribution in [0.15, 0.2) is 30.4 Å². The maximum atomic E-state index is 12.2. The molecule has 1 unspecified atom stereocenters. The number of urea groups is 1. The van der Waals surface area contributed by atoms with Gasteiger partial charge in [-0.25, -0.2) is 4.79 Å². The normalized spacial score (nSPS) is 20.0. The highest BCUT2D eigenvalue weighted by atomic mass is 16.5. The summed E-state index contributed by atoms with van der Waals surface area (Å²) in [7, 11) is 1.59. The summed E-state index contributed by atoms with van der Waals surface area (Å²) < 4.78 is 5.41. The summed E-state index contributed by atoms with van der Waals surface area (Å²) in [6.45, 7) is 1.35. The van der Waals surface area contributed by atoms with Crippen LogP contribution in [0.3, 0.4) is 0 Å². The minimum absolute atomic E-state index is 0.0986. The van der Waals surface area contributed by atoms with Gasteiger partial charge in [0.2, 0.25) is 5.91 Å². The van der Waals surface area contributed by atoms with Gasteiger partial charge in [0.15, 0.2) is 0 Å². The number of nitrogens with zero attached hydrogens (tertiary/aromatic N) is 1. The van der Waals surface area contributed by atoms with Crippen LogP contribution in [-0.4, -0.2) is 32.1 Å². The summed E-state index contributed by atoms with van der Waals surface area (Å²) in [6, 6.07) is 5.17. The van der Waals surface area contributed by atoms with Crippen LogP contribution in [0.4, 0.5) is 16.2 Å². The molecule has 1 aromatic carbocycles. The van der Waals surface area contributed by atoms with Crippen LogP contribution in [-0.2, 0) is 4.79 Å². The second kappa shape index (κ2) is 8.74. The molecule has 0 aromatic heterocycles. The molecule has 3 rings (SSSR count). The minimum atomic E-state index is -0.222. The molecular formula is C20H27N3O3. The number of anilines is 2. The first-order valence-electron chi connectivity index (χ1n) is 9.35. The van der Waals surface area contributed by atoms with Gasteiger partial charge >= 0.3 is 6.03 Å². The molecule has 0 spiro atoms. The van der Waals surface area contributed by atoms with Crippen molar-refractivity contribution in [3.63, 3.8) is 0 Å². The zero-order valence-electron chi connectivity index (χ0n) is 15.3. The Hall–Kier alpha value is -2.50. The molecular weight excluding hydrogens is 330 g/mol. The molecule has 6 nitrogen and oxygen atoms in total. The van der Waals surface area contributed by atoms with Crippen molar-refractivity contribution in [2.75, 3.05) is 30.4 Å². The number of piperidine rings is 1. The van der Waals surface area contributed by atoms with Crippen LogP contribution >= 0.6 is 0 Å². The van der Waals surface area contributed by atoms with Crippen molar-refractivity contribution >= 4 is 23.3 Å². The molecule has 0 saturated carbocycles. The first kappa shape index (κ1) is 18.3. The number of carbonyl (C=O) groups excluding carboxylic acids is 2. The average Bonchev–Trinajstić information content (AvgIpc) is 2.67. The molecule has 0 radical (unpaired) electrons. The Morgan fingerprint density at radius 1 is 1.31 bits per heavy atom. The lowest BCUT2D eigenvalue weighted by molar-refractivity contribution is -0.119. The first-order valence-corrected chi connectivity index (χ1v) is 9.35. The van der Waals surface area contributed by atoms with E-state index >= 15 is 0 Å². The van der Waals surface area contributed by atoms with Gasteiger partial charge in [0, 0.05) is 25.2 Å². The molecule has 1 heterocycles. The van der Waals surface area contributed by atoms with E-state index < -0.39 is 0 Å². The van der Waals surface area contributed by atoms with E-state index in [1.165, 1.54) is 0 Å². The summed E-state index contributed by atoms with van der Waals surface area (Å²) in [5.41, 5.74) is 1.37. The van der Waals surface area contributed by atoms with Gasteiger partial charge in [0.25, 0.3) is 0 Å². The molecule has 26 heavy (non-hydrogen) atoms. The zero-order chi connectivity index (χ0) is 18.4. The fourth-order valence-corrected chi connectivity index (χ4v) is 3.49. The molecule has 1 aliphatic heterocycles. The van der Waals surface area contributed by atoms with Crippen LogP contribution in [0.1, 0.15) is 38.5 Å². The second-order valence-electron chi connectivity index (χ2n) is 6.87. The zero-order valence-corrected chi connectivity index (χ0v) is 15.3. The van der Waals surface area contributed by atoms with E-state index in [-0.39, 0.29) is 11.9 Å². The van der Waals surface area contributed by atoms with Crippen molar-refractivity contribution in [1.82, 2.24) is 5.32 Å². The molecule has 3 amide bonds. The van der Waals surface area contributed by atoms with Crippen molar-refractivity contribution in [3.8, 4) is 5.75 Å². The van der Waals surface area contributed by atoms with E-state index in [4.69, 9.17) is 4.74 Å². The molecule has 1 saturated heterocycles. The predicted octanol–water partition coefficient (Wildman–Crippen LogP) is 3.69. The molecule has 1 aromatic rings. The molecule has 2 aliphatic rings. The van der Waals surface area contributed by atoms with Gasteiger partial charge in [-0.2, -0.15) is 0 Å². The summed E-state index contributed by atoms with van der Waals surface area (Å²) in [5, 5.41) is 5.81. The highest BCUT2D eigenvalue weighted by Gasteiger charge is 2.23. The van der Waals surface area contributed by atoms with Crippen molar-refractivity contribution in [2.24, 2.45) is 5.92 Å². The Morgan fingerprint density at radius 2 is 2.19 bits per heavy atom. The van der Waals surface area contributed by atoms with Gasteiger partial charge in [0.1, 0.15) is 5.75 Å². The Labute approximate surface area is 154 Å². The van der Waals surface area contributed by atoms with E-state index in [1.807, 2.05) is 6.07 Å². The van der Waals surface area contributed by atoms with Gasteiger partial charge in [-0.15, -0.1) is 0 Å². The topological polar surface area (TPSA) is 70.7 Å². The quantitative estimate of drug-likeness (QED) is 0.790. The third-order valence-corrected chi connectivity index (χ3v) is 4.98. The average molecular weight is 357 g/mol. The largest absolute Gasteiger partial charge is 0.495 e. The first-order chi connectivity index (χ1) is 12.7. The third kappa shape index (κ3) is 4.56. The Balaban J connectivity index is 1.64. The maximum absolute atomic E-state index is 12.2. The molecule has 140 valence electrons. The number of hydrogen-bond donors (Lipinski definition) is 2. The maximum Gasteiger partial charge on any atom is 0.319 e. The SMILES string of the molecule is COc1ccc(NC(=O)NCC2CC=CCC2)cc1N1CCCCC1=O. The number of hydrogen-bond acceptors (Lipinski definition) is 3. The summed E-state index contributed by atoms with van der Waals surface area (Å²) >= 11 is 0. The second-order valence-corrected chi connectivity index (χ2v) is 6.87. The summed E-state index contributed by atoms with van der Waals surface area (Å²) in [6.07, 6.45) is 10.0. The Morgan fingerprint density at radius 3 is 2.92 bits per heavy atom. The van der Waals surface area contributed by atoms with Gasteiger partial charge in [-0.1, -0.05) is 12.2 Å². The van der Waals surface area contributed by atoms with E-state index in [0.29, 0.717) is 42.6 Å². The smallest absolute Gasteiger partial charge is 0.319 e. The van der Waals surface area contributed by atoms with Crippen LogP contribution in [0.25, 0.3) is 0 Å². The third-order valence-electron chi connectivity index (χ3n) is 4.98. The van der Waals surface area contributed by atoms with Crippen molar-refractivity contribution in [1.29, 1.82) is 0 Å². The molecule has 2 N–H and O–H groups in total. The van der Waals surface area contributed by atoms with Crippen LogP contribution in [0.2, 0.25) is 0 Å². The van der Waals surface area contributed by atoms with E-state index in [1.54, 1.807) is 24.1 Å². The fourth-order valence-electron chi connectivity index (χ4n) is 3.49. The van der Waals surface area contributed by atoms with Gasteiger partial charge < -0.3 is 20.3 Å². The van der Waals surface area contributed by atoms with E-state index in [0.717, 1.165) is 32.1 Å². The van der Waals surface area contributed by atoms with Gasteiger partial charge in [-0.05, 0) is 56.2 Å². The number of benzene rings is 1. The molecule has 6 heteroatoms. The van der Waals surface area contributed by atoms with Gasteiger partial charge in [0.05, 0.1) is 12.8 Å². The van der Waals surface area contributed by atoms with Crippen LogP contribution in [0, 0.1) is 5.92 Å². The molecule has 0 bridgehead atoms. The lowest BCUT2D eigenvalue weighted by Crippen LogP contribution is -2.36. The number of ether oxygens (including phenoxy) is 1. The van der Waals surface area contributed by atoms with Crippen LogP contribution in [0.5, 0.6) is 5.75 Å². The summed E-state index contributed by atoms with van der Waals surface area (Å²) in [4.78, 5) is 26.2. The molecule has 1 aliphatic carbocycles. The van der Waals surface area contributed by atoms with E-state index in [9.17, 15) is 9.59 Å². The lowest BCUT2D eigenvalue weighted by atomic mass is 9.94. The Bertz CT molecular complexity index is 687. The number of nitrogens with one attached hydrogen (secondary N) is 2.